The average Bonchev–Trinajstić information content (AvgIpc) is 2.31. The van der Waals surface area contributed by atoms with E-state index in [9.17, 15) is 9.59 Å². The second-order valence-corrected chi connectivity index (χ2v) is 4.83. The standard InChI is InChI=1S/C6H8BrN3O2S/c1-9(2)6(12)10-5(11)3(8)4(7)13-10/h8H2,1-2H3. The Balaban J connectivity index is 3.25. The summed E-state index contributed by atoms with van der Waals surface area (Å²) in [5, 5.41) is 0. The normalized spacial score (nSPS) is 10.1. The number of hydrogen-bond acceptors (Lipinski definition) is 4. The van der Waals surface area contributed by atoms with Gasteiger partial charge in [0.2, 0.25) is 0 Å². The number of halogens is 1. The molecule has 13 heavy (non-hydrogen) atoms. The minimum absolute atomic E-state index is 0.0696. The lowest BCUT2D eigenvalue weighted by molar-refractivity contribution is 0.221. The summed E-state index contributed by atoms with van der Waals surface area (Å²) in [6.07, 6.45) is 0. The topological polar surface area (TPSA) is 68.3 Å². The molecule has 0 spiro atoms. The first-order valence-electron chi connectivity index (χ1n) is 3.34. The molecule has 0 aromatic carbocycles. The molecule has 72 valence electrons. The molecule has 0 fully saturated rings. The van der Waals surface area contributed by atoms with Crippen molar-refractivity contribution in [1.82, 2.24) is 8.86 Å². The van der Waals surface area contributed by atoms with Gasteiger partial charge >= 0.3 is 6.03 Å². The van der Waals surface area contributed by atoms with Crippen molar-refractivity contribution in [2.75, 3.05) is 19.8 Å². The monoisotopic (exact) mass is 265 g/mol. The fourth-order valence-electron chi connectivity index (χ4n) is 0.672. The predicted molar refractivity (Wildman–Crippen MR) is 55.2 cm³/mol. The van der Waals surface area contributed by atoms with Crippen molar-refractivity contribution >= 4 is 39.2 Å². The Hall–Kier alpha value is -0.820. The van der Waals surface area contributed by atoms with E-state index in [-0.39, 0.29) is 5.69 Å². The minimum atomic E-state index is -0.476. The number of carbonyl (C=O) groups excluding carboxylic acids is 1. The Bertz CT molecular complexity index is 395. The highest BCUT2D eigenvalue weighted by atomic mass is 79.9. The summed E-state index contributed by atoms with van der Waals surface area (Å²) < 4.78 is 1.48. The fourth-order valence-corrected chi connectivity index (χ4v) is 2.04. The van der Waals surface area contributed by atoms with Crippen molar-refractivity contribution < 1.29 is 4.79 Å². The van der Waals surface area contributed by atoms with Gasteiger partial charge in [-0.05, 0) is 27.5 Å². The summed E-state index contributed by atoms with van der Waals surface area (Å²) >= 11 is 4.07. The second kappa shape index (κ2) is 3.51. The summed E-state index contributed by atoms with van der Waals surface area (Å²) in [5.41, 5.74) is 4.99. The number of nitrogens with zero attached hydrogens (tertiary/aromatic N) is 2. The summed E-state index contributed by atoms with van der Waals surface area (Å²) in [5.74, 6) is 0. The fraction of sp³-hybridized carbons (Fsp3) is 0.333. The van der Waals surface area contributed by atoms with Crippen LogP contribution in [0.1, 0.15) is 0 Å². The quantitative estimate of drug-likeness (QED) is 0.754. The third kappa shape index (κ3) is 1.75. The molecule has 1 heterocycles. The zero-order valence-corrected chi connectivity index (χ0v) is 9.48. The third-order valence-corrected chi connectivity index (χ3v) is 3.10. The van der Waals surface area contributed by atoms with Gasteiger partial charge in [0.1, 0.15) is 9.47 Å². The highest BCUT2D eigenvalue weighted by Crippen LogP contribution is 2.21. The van der Waals surface area contributed by atoms with Crippen LogP contribution in [-0.4, -0.2) is 29.0 Å². The number of nitrogens with two attached hydrogens (primary N) is 1. The van der Waals surface area contributed by atoms with Crippen molar-refractivity contribution in [3.05, 3.63) is 14.1 Å². The van der Waals surface area contributed by atoms with Crippen LogP contribution in [0.25, 0.3) is 0 Å². The summed E-state index contributed by atoms with van der Waals surface area (Å²) in [6, 6.07) is -0.396. The van der Waals surface area contributed by atoms with Gasteiger partial charge in [-0.15, -0.1) is 0 Å². The van der Waals surface area contributed by atoms with Gasteiger partial charge in [0.15, 0.2) is 0 Å². The van der Waals surface area contributed by atoms with Gasteiger partial charge in [0.05, 0.1) is 0 Å². The lowest BCUT2D eigenvalue weighted by Crippen LogP contribution is -2.32. The number of carbonyl (C=O) groups is 1. The molecule has 0 radical (unpaired) electrons. The van der Waals surface area contributed by atoms with Gasteiger partial charge in [-0.3, -0.25) is 4.79 Å². The van der Waals surface area contributed by atoms with E-state index in [0.717, 1.165) is 15.5 Å². The first kappa shape index (κ1) is 10.3. The molecule has 0 aliphatic rings. The van der Waals surface area contributed by atoms with Crippen molar-refractivity contribution in [3.8, 4) is 0 Å². The predicted octanol–water partition coefficient (Wildman–Crippen LogP) is 0.784. The van der Waals surface area contributed by atoms with Gasteiger partial charge in [-0.1, -0.05) is 0 Å². The van der Waals surface area contributed by atoms with Gasteiger partial charge in [0.25, 0.3) is 5.56 Å². The molecule has 1 rings (SSSR count). The molecule has 2 N–H and O–H groups in total. The van der Waals surface area contributed by atoms with E-state index >= 15 is 0 Å². The summed E-state index contributed by atoms with van der Waals surface area (Å²) in [7, 11) is 3.14. The Morgan fingerprint density at radius 1 is 1.62 bits per heavy atom. The number of anilines is 1. The van der Waals surface area contributed by atoms with Gasteiger partial charge in [0, 0.05) is 14.1 Å². The number of hydrogen-bond donors (Lipinski definition) is 1. The molecule has 7 heteroatoms. The molecular weight excluding hydrogens is 258 g/mol. The van der Waals surface area contributed by atoms with Crippen molar-refractivity contribution in [2.45, 2.75) is 0 Å². The maximum atomic E-state index is 11.4. The van der Waals surface area contributed by atoms with Crippen molar-refractivity contribution in [3.63, 3.8) is 0 Å². The highest BCUT2D eigenvalue weighted by molar-refractivity contribution is 9.11. The van der Waals surface area contributed by atoms with E-state index in [1.807, 2.05) is 0 Å². The lowest BCUT2D eigenvalue weighted by atomic mass is 10.6. The van der Waals surface area contributed by atoms with Crippen LogP contribution in [0.5, 0.6) is 0 Å². The Labute approximate surface area is 87.0 Å². The van der Waals surface area contributed by atoms with E-state index in [1.54, 1.807) is 14.1 Å². The van der Waals surface area contributed by atoms with Crippen LogP contribution in [0.2, 0.25) is 0 Å². The molecule has 0 unspecified atom stereocenters. The Morgan fingerprint density at radius 2 is 2.15 bits per heavy atom. The molecular formula is C6H8BrN3O2S. The first-order valence-corrected chi connectivity index (χ1v) is 4.90. The number of amides is 1. The molecule has 0 aliphatic heterocycles. The largest absolute Gasteiger partial charge is 0.393 e. The molecule has 1 aromatic heterocycles. The smallest absolute Gasteiger partial charge is 0.340 e. The zero-order chi connectivity index (χ0) is 10.2. The van der Waals surface area contributed by atoms with Crippen LogP contribution in [0, 0.1) is 0 Å². The molecule has 5 nitrogen and oxygen atoms in total. The second-order valence-electron chi connectivity index (χ2n) is 2.56. The Morgan fingerprint density at radius 3 is 2.46 bits per heavy atom. The van der Waals surface area contributed by atoms with E-state index < -0.39 is 11.6 Å². The molecule has 0 saturated carbocycles. The Kier molecular flexibility index (Phi) is 2.77. The van der Waals surface area contributed by atoms with Gasteiger partial charge < -0.3 is 10.6 Å². The third-order valence-electron chi connectivity index (χ3n) is 1.35. The molecule has 1 amide bonds. The zero-order valence-electron chi connectivity index (χ0n) is 7.07. The van der Waals surface area contributed by atoms with E-state index in [4.69, 9.17) is 5.73 Å². The van der Waals surface area contributed by atoms with Crippen LogP contribution < -0.4 is 11.3 Å². The minimum Gasteiger partial charge on any atom is -0.393 e. The molecule has 0 bridgehead atoms. The maximum absolute atomic E-state index is 11.4. The van der Waals surface area contributed by atoms with Gasteiger partial charge in [-0.2, -0.15) is 3.96 Å². The van der Waals surface area contributed by atoms with Crippen molar-refractivity contribution in [2.24, 2.45) is 0 Å². The van der Waals surface area contributed by atoms with E-state index in [2.05, 4.69) is 15.9 Å². The average molecular weight is 266 g/mol. The van der Waals surface area contributed by atoms with E-state index in [1.165, 1.54) is 4.90 Å². The maximum Gasteiger partial charge on any atom is 0.340 e. The summed E-state index contributed by atoms with van der Waals surface area (Å²) in [6.45, 7) is 0. The van der Waals surface area contributed by atoms with Crippen LogP contribution >= 0.6 is 27.5 Å². The van der Waals surface area contributed by atoms with Crippen LogP contribution in [0.3, 0.4) is 0 Å². The van der Waals surface area contributed by atoms with Crippen LogP contribution in [0.4, 0.5) is 10.5 Å². The number of nitrogen functional groups attached to an aromatic ring is 1. The SMILES string of the molecule is CN(C)C(=O)n1sc(Br)c(N)c1=O. The molecule has 1 aromatic rings. The van der Waals surface area contributed by atoms with Crippen LogP contribution in [-0.2, 0) is 0 Å². The summed E-state index contributed by atoms with van der Waals surface area (Å²) in [4.78, 5) is 24.0. The molecule has 0 atom stereocenters. The highest BCUT2D eigenvalue weighted by Gasteiger charge is 2.16. The first-order chi connectivity index (χ1) is 5.95. The lowest BCUT2D eigenvalue weighted by Gasteiger charge is -2.07. The number of aromatic nitrogens is 1. The molecule has 0 aliphatic carbocycles. The molecule has 0 saturated heterocycles. The number of rotatable bonds is 0. The van der Waals surface area contributed by atoms with Crippen molar-refractivity contribution in [1.29, 1.82) is 0 Å². The van der Waals surface area contributed by atoms with Gasteiger partial charge in [-0.25, -0.2) is 4.79 Å². The van der Waals surface area contributed by atoms with E-state index in [0.29, 0.717) is 3.79 Å². The van der Waals surface area contributed by atoms with Crippen LogP contribution in [0.15, 0.2) is 8.58 Å².